The topological polar surface area (TPSA) is 89.6 Å². The number of amides is 1. The van der Waals surface area contributed by atoms with Crippen molar-refractivity contribution in [1.82, 2.24) is 14.7 Å². The molecular weight excluding hydrogens is 360 g/mol. The number of para-hydroxylation sites is 1. The van der Waals surface area contributed by atoms with E-state index in [4.69, 9.17) is 9.15 Å². The van der Waals surface area contributed by atoms with Crippen LogP contribution in [-0.4, -0.2) is 46.8 Å². The van der Waals surface area contributed by atoms with Crippen LogP contribution in [0.2, 0.25) is 0 Å². The van der Waals surface area contributed by atoms with Crippen molar-refractivity contribution in [2.45, 2.75) is 13.5 Å². The van der Waals surface area contributed by atoms with Crippen LogP contribution >= 0.6 is 0 Å². The molecule has 28 heavy (non-hydrogen) atoms. The first-order chi connectivity index (χ1) is 13.6. The van der Waals surface area contributed by atoms with E-state index in [9.17, 15) is 9.59 Å². The van der Waals surface area contributed by atoms with Crippen molar-refractivity contribution in [2.75, 3.05) is 25.5 Å². The fourth-order valence-electron chi connectivity index (χ4n) is 2.73. The molecule has 0 aliphatic rings. The summed E-state index contributed by atoms with van der Waals surface area (Å²) in [6.07, 6.45) is 2.99. The Labute approximate surface area is 162 Å². The van der Waals surface area contributed by atoms with E-state index in [1.54, 1.807) is 24.2 Å². The highest BCUT2D eigenvalue weighted by Gasteiger charge is 2.22. The molecule has 0 aliphatic heterocycles. The molecule has 1 N–H and O–H groups in total. The third-order valence-corrected chi connectivity index (χ3v) is 3.94. The van der Waals surface area contributed by atoms with Crippen LogP contribution in [0.3, 0.4) is 0 Å². The molecule has 0 fully saturated rings. The molecule has 0 atom stereocenters. The van der Waals surface area contributed by atoms with Gasteiger partial charge in [-0.15, -0.1) is 0 Å². The van der Waals surface area contributed by atoms with Gasteiger partial charge in [0.1, 0.15) is 11.3 Å². The number of anilines is 1. The quantitative estimate of drug-likeness (QED) is 0.603. The molecule has 0 saturated heterocycles. The van der Waals surface area contributed by atoms with Crippen molar-refractivity contribution in [3.05, 3.63) is 66.2 Å². The predicted molar refractivity (Wildman–Crippen MR) is 103 cm³/mol. The van der Waals surface area contributed by atoms with Crippen molar-refractivity contribution in [3.63, 3.8) is 0 Å². The molecule has 8 nitrogen and oxygen atoms in total. The van der Waals surface area contributed by atoms with Gasteiger partial charge in [0.2, 0.25) is 5.91 Å². The maximum Gasteiger partial charge on any atom is 0.343 e. The summed E-state index contributed by atoms with van der Waals surface area (Å²) in [6.45, 7) is 2.56. The summed E-state index contributed by atoms with van der Waals surface area (Å²) in [7, 11) is 1.81. The van der Waals surface area contributed by atoms with Crippen LogP contribution in [0.1, 0.15) is 23.0 Å². The highest BCUT2D eigenvalue weighted by molar-refractivity contribution is 6.01. The van der Waals surface area contributed by atoms with Gasteiger partial charge in [-0.25, -0.2) is 9.48 Å². The number of nitrogens with zero attached hydrogens (tertiary/aromatic N) is 3. The Morgan fingerprint density at radius 1 is 1.21 bits per heavy atom. The second-order valence-corrected chi connectivity index (χ2v) is 6.17. The third kappa shape index (κ3) is 4.66. The number of nitrogens with one attached hydrogen (secondary N) is 1. The number of ether oxygens (including phenoxy) is 1. The van der Waals surface area contributed by atoms with E-state index in [-0.39, 0.29) is 30.4 Å². The molecule has 146 valence electrons. The molecular formula is C20H22N4O4. The molecule has 0 bridgehead atoms. The predicted octanol–water partition coefficient (Wildman–Crippen LogP) is 2.71. The lowest BCUT2D eigenvalue weighted by Gasteiger charge is -2.16. The second-order valence-electron chi connectivity index (χ2n) is 6.17. The molecule has 8 heteroatoms. The van der Waals surface area contributed by atoms with Gasteiger partial charge in [0, 0.05) is 0 Å². The van der Waals surface area contributed by atoms with Gasteiger partial charge in [0.05, 0.1) is 37.8 Å². The number of carbonyl (C=O) groups is 2. The molecule has 1 amide bonds. The van der Waals surface area contributed by atoms with Crippen LogP contribution in [0.4, 0.5) is 5.82 Å². The van der Waals surface area contributed by atoms with Gasteiger partial charge in [-0.2, -0.15) is 5.10 Å². The Morgan fingerprint density at radius 3 is 2.68 bits per heavy atom. The molecule has 0 aliphatic carbocycles. The van der Waals surface area contributed by atoms with Crippen molar-refractivity contribution < 1.29 is 18.7 Å². The fourth-order valence-corrected chi connectivity index (χ4v) is 2.73. The summed E-state index contributed by atoms with van der Waals surface area (Å²) in [5, 5.41) is 7.05. The van der Waals surface area contributed by atoms with E-state index in [0.717, 1.165) is 11.4 Å². The van der Waals surface area contributed by atoms with Crippen molar-refractivity contribution in [2.24, 2.45) is 0 Å². The maximum absolute atomic E-state index is 12.6. The van der Waals surface area contributed by atoms with Gasteiger partial charge in [-0.1, -0.05) is 18.2 Å². The van der Waals surface area contributed by atoms with Gasteiger partial charge < -0.3 is 14.5 Å². The zero-order valence-corrected chi connectivity index (χ0v) is 15.8. The monoisotopic (exact) mass is 382 g/mol. The molecule has 2 aromatic heterocycles. The van der Waals surface area contributed by atoms with E-state index < -0.39 is 5.97 Å². The first-order valence-electron chi connectivity index (χ1n) is 8.89. The van der Waals surface area contributed by atoms with Gasteiger partial charge >= 0.3 is 5.97 Å². The van der Waals surface area contributed by atoms with E-state index >= 15 is 0 Å². The highest BCUT2D eigenvalue weighted by Crippen LogP contribution is 2.21. The number of hydrogen-bond donors (Lipinski definition) is 1. The molecule has 0 saturated carbocycles. The van der Waals surface area contributed by atoms with E-state index in [2.05, 4.69) is 10.4 Å². The summed E-state index contributed by atoms with van der Waals surface area (Å²) >= 11 is 0. The Hall–Kier alpha value is -3.39. The smallest absolute Gasteiger partial charge is 0.343 e. The minimum atomic E-state index is -0.538. The highest BCUT2D eigenvalue weighted by atomic mass is 16.5. The average molecular weight is 382 g/mol. The van der Waals surface area contributed by atoms with E-state index in [1.807, 2.05) is 43.4 Å². The molecule has 1 aromatic carbocycles. The molecule has 0 unspecified atom stereocenters. The molecule has 0 spiro atoms. The van der Waals surface area contributed by atoms with Crippen LogP contribution in [0.25, 0.3) is 5.69 Å². The summed E-state index contributed by atoms with van der Waals surface area (Å²) in [6, 6.07) is 12.9. The zero-order chi connectivity index (χ0) is 19.9. The zero-order valence-electron chi connectivity index (χ0n) is 15.8. The number of hydrogen-bond acceptors (Lipinski definition) is 6. The first-order valence-corrected chi connectivity index (χ1v) is 8.89. The largest absolute Gasteiger partial charge is 0.468 e. The molecule has 2 heterocycles. The standard InChI is InChI=1S/C20H22N4O4/c1-3-27-20(26)17-12-21-24(15-8-5-4-6-9-15)19(17)22-18(25)14-23(2)13-16-10-7-11-28-16/h4-12H,3,13-14H2,1-2H3,(H,22,25). The number of benzene rings is 1. The minimum absolute atomic E-state index is 0.114. The number of carbonyl (C=O) groups excluding carboxylic acids is 2. The Kier molecular flexibility index (Phi) is 6.23. The van der Waals surface area contributed by atoms with E-state index in [0.29, 0.717) is 6.54 Å². The number of rotatable bonds is 8. The van der Waals surface area contributed by atoms with Gasteiger partial charge in [-0.3, -0.25) is 9.69 Å². The number of aromatic nitrogens is 2. The van der Waals surface area contributed by atoms with Gasteiger partial charge in [0.15, 0.2) is 5.82 Å². The van der Waals surface area contributed by atoms with Crippen molar-refractivity contribution in [1.29, 1.82) is 0 Å². The lowest BCUT2D eigenvalue weighted by atomic mass is 10.3. The van der Waals surface area contributed by atoms with Crippen LogP contribution in [0, 0.1) is 0 Å². The lowest BCUT2D eigenvalue weighted by Crippen LogP contribution is -2.31. The lowest BCUT2D eigenvalue weighted by molar-refractivity contribution is -0.117. The number of furan rings is 1. The molecule has 3 aromatic rings. The Morgan fingerprint density at radius 2 is 2.00 bits per heavy atom. The third-order valence-electron chi connectivity index (χ3n) is 3.94. The van der Waals surface area contributed by atoms with Crippen LogP contribution in [-0.2, 0) is 16.1 Å². The second kappa shape index (κ2) is 9.01. The Balaban J connectivity index is 1.79. The molecule has 0 radical (unpaired) electrons. The van der Waals surface area contributed by atoms with Gasteiger partial charge in [0.25, 0.3) is 0 Å². The number of esters is 1. The van der Waals surface area contributed by atoms with Gasteiger partial charge in [-0.05, 0) is 38.2 Å². The average Bonchev–Trinajstić information content (AvgIpc) is 3.32. The summed E-state index contributed by atoms with van der Waals surface area (Å²) in [5.74, 6) is 0.221. The van der Waals surface area contributed by atoms with Crippen molar-refractivity contribution in [3.8, 4) is 5.69 Å². The van der Waals surface area contributed by atoms with Crippen molar-refractivity contribution >= 4 is 17.7 Å². The van der Waals surface area contributed by atoms with Crippen LogP contribution in [0.15, 0.2) is 59.3 Å². The summed E-state index contributed by atoms with van der Waals surface area (Å²) in [5.41, 5.74) is 0.921. The first kappa shape index (κ1) is 19.4. The fraction of sp³-hybridized carbons (Fsp3) is 0.250. The minimum Gasteiger partial charge on any atom is -0.468 e. The Bertz CT molecular complexity index is 919. The normalized spacial score (nSPS) is 10.8. The van der Waals surface area contributed by atoms with Crippen LogP contribution in [0.5, 0.6) is 0 Å². The maximum atomic E-state index is 12.6. The number of likely N-dealkylation sites (N-methyl/N-ethyl adjacent to an activating group) is 1. The molecule has 3 rings (SSSR count). The van der Waals surface area contributed by atoms with Crippen LogP contribution < -0.4 is 5.32 Å². The van der Waals surface area contributed by atoms with E-state index in [1.165, 1.54) is 10.9 Å². The summed E-state index contributed by atoms with van der Waals surface area (Å²) in [4.78, 5) is 26.7. The SMILES string of the molecule is CCOC(=O)c1cnn(-c2ccccc2)c1NC(=O)CN(C)Cc1ccco1. The summed E-state index contributed by atoms with van der Waals surface area (Å²) < 4.78 is 11.9.